The highest BCUT2D eigenvalue weighted by Crippen LogP contribution is 2.27. The van der Waals surface area contributed by atoms with Crippen molar-refractivity contribution >= 4 is 5.97 Å². The van der Waals surface area contributed by atoms with Crippen LogP contribution >= 0.6 is 0 Å². The fraction of sp³-hybridized carbons (Fsp3) is 0.417. The molecule has 100 valence electrons. The van der Waals surface area contributed by atoms with Gasteiger partial charge in [0.1, 0.15) is 5.75 Å². The van der Waals surface area contributed by atoms with Crippen molar-refractivity contribution in [2.75, 3.05) is 6.61 Å². The van der Waals surface area contributed by atoms with Gasteiger partial charge in [-0.05, 0) is 13.0 Å². The Morgan fingerprint density at radius 3 is 2.67 bits per heavy atom. The van der Waals surface area contributed by atoms with Gasteiger partial charge in [0, 0.05) is 11.6 Å². The summed E-state index contributed by atoms with van der Waals surface area (Å²) >= 11 is 0. The molecule has 4 nitrogen and oxygen atoms in total. The molecule has 1 atom stereocenters. The molecule has 1 aromatic rings. The summed E-state index contributed by atoms with van der Waals surface area (Å²) in [6, 6.07) is 5.38. The van der Waals surface area contributed by atoms with E-state index in [0.29, 0.717) is 5.56 Å². The minimum absolute atomic E-state index is 0.0238. The molecular weight excluding hydrogens is 244 g/mol. The molecule has 0 fully saturated rings. The van der Waals surface area contributed by atoms with Crippen molar-refractivity contribution in [2.24, 2.45) is 5.73 Å². The number of benzene rings is 1. The summed E-state index contributed by atoms with van der Waals surface area (Å²) in [5, 5.41) is 0. The van der Waals surface area contributed by atoms with E-state index >= 15 is 0 Å². The summed E-state index contributed by atoms with van der Waals surface area (Å²) in [5.74, 6) is -0.499. The maximum atomic E-state index is 12.2. The molecule has 0 radical (unpaired) electrons. The number of hydrogen-bond acceptors (Lipinski definition) is 4. The monoisotopic (exact) mass is 259 g/mol. The Bertz CT molecular complexity index is 399. The minimum atomic E-state index is -2.93. The van der Waals surface area contributed by atoms with E-state index in [-0.39, 0.29) is 18.8 Å². The van der Waals surface area contributed by atoms with Crippen molar-refractivity contribution in [2.45, 2.75) is 26.0 Å². The van der Waals surface area contributed by atoms with Crippen molar-refractivity contribution in [3.63, 3.8) is 0 Å². The van der Waals surface area contributed by atoms with Crippen molar-refractivity contribution in [3.8, 4) is 5.75 Å². The van der Waals surface area contributed by atoms with Gasteiger partial charge in [-0.1, -0.05) is 18.2 Å². The van der Waals surface area contributed by atoms with Crippen molar-refractivity contribution in [1.29, 1.82) is 0 Å². The third-order valence-corrected chi connectivity index (χ3v) is 2.23. The number of carbonyl (C=O) groups excluding carboxylic acids is 1. The summed E-state index contributed by atoms with van der Waals surface area (Å²) in [6.45, 7) is -1.00. The van der Waals surface area contributed by atoms with Crippen LogP contribution in [-0.4, -0.2) is 19.2 Å². The van der Waals surface area contributed by atoms with Gasteiger partial charge in [-0.3, -0.25) is 4.79 Å². The second-order valence-corrected chi connectivity index (χ2v) is 3.53. The van der Waals surface area contributed by atoms with Gasteiger partial charge in [0.05, 0.1) is 13.0 Å². The van der Waals surface area contributed by atoms with Gasteiger partial charge in [-0.2, -0.15) is 8.78 Å². The first kappa shape index (κ1) is 14.4. The third-order valence-electron chi connectivity index (χ3n) is 2.23. The molecule has 2 N–H and O–H groups in total. The highest BCUT2D eigenvalue weighted by molar-refractivity contribution is 5.70. The molecule has 0 aromatic heterocycles. The van der Waals surface area contributed by atoms with Crippen LogP contribution in [-0.2, 0) is 9.53 Å². The zero-order valence-corrected chi connectivity index (χ0v) is 9.94. The average Bonchev–Trinajstić information content (AvgIpc) is 2.28. The molecule has 1 rings (SSSR count). The van der Waals surface area contributed by atoms with E-state index in [0.717, 1.165) is 0 Å². The fourth-order valence-electron chi connectivity index (χ4n) is 1.50. The van der Waals surface area contributed by atoms with E-state index in [1.54, 1.807) is 25.1 Å². The van der Waals surface area contributed by atoms with Gasteiger partial charge in [0.2, 0.25) is 0 Å². The molecule has 6 heteroatoms. The largest absolute Gasteiger partial charge is 0.466 e. The van der Waals surface area contributed by atoms with Gasteiger partial charge in [0.25, 0.3) is 0 Å². The van der Waals surface area contributed by atoms with Crippen LogP contribution < -0.4 is 10.5 Å². The summed E-state index contributed by atoms with van der Waals surface area (Å²) in [5.41, 5.74) is 6.13. The molecule has 0 spiro atoms. The normalized spacial score (nSPS) is 12.3. The smallest absolute Gasteiger partial charge is 0.387 e. The predicted octanol–water partition coefficient (Wildman–Crippen LogP) is 2.24. The van der Waals surface area contributed by atoms with Crippen LogP contribution in [0.25, 0.3) is 0 Å². The van der Waals surface area contributed by atoms with E-state index in [9.17, 15) is 13.6 Å². The fourth-order valence-corrected chi connectivity index (χ4v) is 1.50. The second-order valence-electron chi connectivity index (χ2n) is 3.53. The molecule has 0 saturated carbocycles. The number of hydrogen-bond donors (Lipinski definition) is 1. The summed E-state index contributed by atoms with van der Waals surface area (Å²) in [6.07, 6.45) is -0.0859. The van der Waals surface area contributed by atoms with Crippen LogP contribution in [0.3, 0.4) is 0 Å². The molecule has 0 bridgehead atoms. The maximum Gasteiger partial charge on any atom is 0.387 e. The van der Waals surface area contributed by atoms with Crippen LogP contribution in [0, 0.1) is 0 Å². The van der Waals surface area contributed by atoms with Crippen LogP contribution in [0.2, 0.25) is 0 Å². The summed E-state index contributed by atoms with van der Waals surface area (Å²) < 4.78 is 33.5. The number of esters is 1. The van der Waals surface area contributed by atoms with Crippen molar-refractivity contribution < 1.29 is 23.0 Å². The number of nitrogens with two attached hydrogens (primary N) is 1. The predicted molar refractivity (Wildman–Crippen MR) is 61.3 cm³/mol. The molecular formula is C12H15F2NO3. The van der Waals surface area contributed by atoms with Crippen LogP contribution in [0.4, 0.5) is 8.78 Å². The minimum Gasteiger partial charge on any atom is -0.466 e. The van der Waals surface area contributed by atoms with Crippen molar-refractivity contribution in [3.05, 3.63) is 29.8 Å². The Balaban J connectivity index is 2.78. The number of carbonyl (C=O) groups is 1. The van der Waals surface area contributed by atoms with Gasteiger partial charge in [-0.25, -0.2) is 0 Å². The van der Waals surface area contributed by atoms with E-state index in [2.05, 4.69) is 4.74 Å². The zero-order chi connectivity index (χ0) is 13.5. The molecule has 0 aliphatic rings. The van der Waals surface area contributed by atoms with Gasteiger partial charge >= 0.3 is 12.6 Å². The number of ether oxygens (including phenoxy) is 2. The van der Waals surface area contributed by atoms with E-state index in [1.165, 1.54) is 6.07 Å². The lowest BCUT2D eigenvalue weighted by atomic mass is 10.0. The van der Waals surface area contributed by atoms with E-state index in [4.69, 9.17) is 10.5 Å². The van der Waals surface area contributed by atoms with Gasteiger partial charge in [-0.15, -0.1) is 0 Å². The number of para-hydroxylation sites is 1. The molecule has 0 heterocycles. The maximum absolute atomic E-state index is 12.2. The van der Waals surface area contributed by atoms with Crippen LogP contribution in [0.1, 0.15) is 24.9 Å². The Hall–Kier alpha value is -1.69. The lowest BCUT2D eigenvalue weighted by Gasteiger charge is -2.15. The average molecular weight is 259 g/mol. The Kier molecular flexibility index (Phi) is 5.51. The first-order valence-electron chi connectivity index (χ1n) is 5.49. The highest BCUT2D eigenvalue weighted by Gasteiger charge is 2.18. The zero-order valence-electron chi connectivity index (χ0n) is 9.94. The molecule has 1 aromatic carbocycles. The highest BCUT2D eigenvalue weighted by atomic mass is 19.3. The Morgan fingerprint density at radius 1 is 1.39 bits per heavy atom. The molecule has 0 amide bonds. The topological polar surface area (TPSA) is 61.5 Å². The van der Waals surface area contributed by atoms with Crippen molar-refractivity contribution in [1.82, 2.24) is 0 Å². The Labute approximate surface area is 104 Å². The first-order chi connectivity index (χ1) is 8.54. The number of rotatable bonds is 6. The van der Waals surface area contributed by atoms with Gasteiger partial charge < -0.3 is 15.2 Å². The first-order valence-corrected chi connectivity index (χ1v) is 5.49. The number of halogens is 2. The summed E-state index contributed by atoms with van der Waals surface area (Å²) in [7, 11) is 0. The SMILES string of the molecule is CCOC(=O)CC(N)c1ccccc1OC(F)F. The second kappa shape index (κ2) is 6.90. The Morgan fingerprint density at radius 2 is 2.06 bits per heavy atom. The third kappa shape index (κ3) is 4.29. The molecule has 1 unspecified atom stereocenters. The lowest BCUT2D eigenvalue weighted by molar-refractivity contribution is -0.143. The molecule has 0 aliphatic heterocycles. The standard InChI is InChI=1S/C12H15F2NO3/c1-2-17-11(16)7-9(15)8-5-3-4-6-10(8)18-12(13)14/h3-6,9,12H,2,7,15H2,1H3. The van der Waals surface area contributed by atoms with E-state index in [1.807, 2.05) is 0 Å². The molecule has 18 heavy (non-hydrogen) atoms. The quantitative estimate of drug-likeness (QED) is 0.796. The lowest BCUT2D eigenvalue weighted by Crippen LogP contribution is -2.18. The van der Waals surface area contributed by atoms with Crippen LogP contribution in [0.5, 0.6) is 5.75 Å². The van der Waals surface area contributed by atoms with E-state index < -0.39 is 18.6 Å². The molecule has 0 aliphatic carbocycles. The van der Waals surface area contributed by atoms with Gasteiger partial charge in [0.15, 0.2) is 0 Å². The summed E-state index contributed by atoms with van der Waals surface area (Å²) in [4.78, 5) is 11.3. The van der Waals surface area contributed by atoms with Crippen LogP contribution in [0.15, 0.2) is 24.3 Å². The number of alkyl halides is 2. The molecule has 0 saturated heterocycles.